The second-order valence-corrected chi connectivity index (χ2v) is 5.55. The van der Waals surface area contributed by atoms with E-state index in [4.69, 9.17) is 0 Å². The van der Waals surface area contributed by atoms with Gasteiger partial charge in [-0.05, 0) is 38.3 Å². The van der Waals surface area contributed by atoms with Crippen molar-refractivity contribution in [2.45, 2.75) is 46.2 Å². The first-order chi connectivity index (χ1) is 6.70. The van der Waals surface area contributed by atoms with Gasteiger partial charge in [-0.15, -0.1) is 11.3 Å². The zero-order valence-electron chi connectivity index (χ0n) is 9.34. The minimum absolute atomic E-state index is 0.688. The molecule has 0 aliphatic carbocycles. The Morgan fingerprint density at radius 3 is 2.93 bits per heavy atom. The maximum absolute atomic E-state index is 2.56. The third kappa shape index (κ3) is 1.86. The number of aryl methyl sites for hydroxylation is 1. The van der Waals surface area contributed by atoms with Crippen LogP contribution in [0.4, 0.5) is 0 Å². The zero-order chi connectivity index (χ0) is 10.1. The maximum Gasteiger partial charge on any atom is 0.0247 e. The van der Waals surface area contributed by atoms with Crippen molar-refractivity contribution in [1.82, 2.24) is 4.90 Å². The van der Waals surface area contributed by atoms with Crippen molar-refractivity contribution in [3.05, 3.63) is 21.4 Å². The van der Waals surface area contributed by atoms with E-state index < -0.39 is 0 Å². The second-order valence-electron chi connectivity index (χ2n) is 4.33. The Hall–Kier alpha value is -0.340. The van der Waals surface area contributed by atoms with Crippen LogP contribution < -0.4 is 0 Å². The molecule has 1 aromatic heterocycles. The molecule has 78 valence electrons. The number of nitrogens with zero attached hydrogens (tertiary/aromatic N) is 1. The molecule has 1 aromatic rings. The van der Waals surface area contributed by atoms with Gasteiger partial charge in [-0.3, -0.25) is 4.90 Å². The molecule has 0 bridgehead atoms. The lowest BCUT2D eigenvalue weighted by molar-refractivity contribution is 0.205. The van der Waals surface area contributed by atoms with Gasteiger partial charge < -0.3 is 0 Å². The number of hydrogen-bond acceptors (Lipinski definition) is 2. The first kappa shape index (κ1) is 10.2. The molecule has 14 heavy (non-hydrogen) atoms. The van der Waals surface area contributed by atoms with Gasteiger partial charge in [0.15, 0.2) is 0 Å². The summed E-state index contributed by atoms with van der Waals surface area (Å²) < 4.78 is 0. The van der Waals surface area contributed by atoms with E-state index >= 15 is 0 Å². The van der Waals surface area contributed by atoms with E-state index in [0.29, 0.717) is 6.04 Å². The highest BCUT2D eigenvalue weighted by Crippen LogP contribution is 2.28. The van der Waals surface area contributed by atoms with Gasteiger partial charge in [0, 0.05) is 28.9 Å². The van der Waals surface area contributed by atoms with Crippen molar-refractivity contribution in [1.29, 1.82) is 0 Å². The molecule has 0 saturated carbocycles. The molecule has 1 aliphatic heterocycles. The van der Waals surface area contributed by atoms with Crippen LogP contribution in [0.2, 0.25) is 0 Å². The molecule has 0 amide bonds. The fourth-order valence-corrected chi connectivity index (χ4v) is 3.14. The monoisotopic (exact) mass is 209 g/mol. The number of thiophene rings is 1. The van der Waals surface area contributed by atoms with Crippen LogP contribution in [0.15, 0.2) is 6.07 Å². The van der Waals surface area contributed by atoms with Crippen LogP contribution in [0.5, 0.6) is 0 Å². The molecule has 0 aromatic carbocycles. The highest BCUT2D eigenvalue weighted by atomic mass is 32.1. The normalized spacial score (nSPS) is 17.4. The zero-order valence-corrected chi connectivity index (χ0v) is 10.2. The van der Waals surface area contributed by atoms with Crippen LogP contribution in [-0.4, -0.2) is 17.5 Å². The van der Waals surface area contributed by atoms with E-state index in [1.54, 1.807) is 15.3 Å². The molecular formula is C12H19NS. The van der Waals surface area contributed by atoms with Crippen LogP contribution in [0.3, 0.4) is 0 Å². The van der Waals surface area contributed by atoms with Gasteiger partial charge in [-0.1, -0.05) is 6.92 Å². The quantitative estimate of drug-likeness (QED) is 0.723. The van der Waals surface area contributed by atoms with Gasteiger partial charge >= 0.3 is 0 Å². The fraction of sp³-hybridized carbons (Fsp3) is 0.667. The fourth-order valence-electron chi connectivity index (χ4n) is 2.03. The number of rotatable bonds is 2. The topological polar surface area (TPSA) is 3.24 Å². The lowest BCUT2D eigenvalue weighted by atomic mass is 10.1. The summed E-state index contributed by atoms with van der Waals surface area (Å²) in [4.78, 5) is 5.76. The highest BCUT2D eigenvalue weighted by molar-refractivity contribution is 7.12. The SMILES string of the molecule is CCc1cc2c(s1)CCN(C(C)C)C2. The predicted molar refractivity (Wildman–Crippen MR) is 62.9 cm³/mol. The highest BCUT2D eigenvalue weighted by Gasteiger charge is 2.20. The Morgan fingerprint density at radius 1 is 1.50 bits per heavy atom. The predicted octanol–water partition coefficient (Wildman–Crippen LogP) is 3.08. The Kier molecular flexibility index (Phi) is 2.93. The van der Waals surface area contributed by atoms with Crippen LogP contribution >= 0.6 is 11.3 Å². The van der Waals surface area contributed by atoms with Crippen LogP contribution in [0, 0.1) is 0 Å². The first-order valence-electron chi connectivity index (χ1n) is 5.55. The summed E-state index contributed by atoms with van der Waals surface area (Å²) in [6.07, 6.45) is 2.46. The molecule has 1 aliphatic rings. The van der Waals surface area contributed by atoms with Crippen LogP contribution in [-0.2, 0) is 19.4 Å². The summed E-state index contributed by atoms with van der Waals surface area (Å²) >= 11 is 2.02. The van der Waals surface area contributed by atoms with Crippen molar-refractivity contribution in [3.63, 3.8) is 0 Å². The number of fused-ring (bicyclic) bond motifs is 1. The third-order valence-electron chi connectivity index (χ3n) is 3.03. The summed E-state index contributed by atoms with van der Waals surface area (Å²) in [6, 6.07) is 3.10. The standard InChI is InChI=1S/C12H19NS/c1-4-11-7-10-8-13(9(2)3)6-5-12(10)14-11/h7,9H,4-6,8H2,1-3H3. The third-order valence-corrected chi connectivity index (χ3v) is 4.41. The molecule has 0 atom stereocenters. The van der Waals surface area contributed by atoms with Crippen molar-refractivity contribution in [3.8, 4) is 0 Å². The summed E-state index contributed by atoms with van der Waals surface area (Å²) in [5.74, 6) is 0. The molecule has 0 N–H and O–H groups in total. The maximum atomic E-state index is 2.56. The molecule has 0 spiro atoms. The smallest absolute Gasteiger partial charge is 0.0247 e. The van der Waals surface area contributed by atoms with Gasteiger partial charge in [-0.25, -0.2) is 0 Å². The Morgan fingerprint density at radius 2 is 2.29 bits per heavy atom. The Labute approximate surface area is 90.7 Å². The van der Waals surface area contributed by atoms with Crippen molar-refractivity contribution in [2.75, 3.05) is 6.54 Å². The van der Waals surface area contributed by atoms with Gasteiger partial charge in [0.05, 0.1) is 0 Å². The summed E-state index contributed by atoms with van der Waals surface area (Å²) in [6.45, 7) is 9.24. The van der Waals surface area contributed by atoms with E-state index in [0.717, 1.165) is 0 Å². The second kappa shape index (κ2) is 4.03. The van der Waals surface area contributed by atoms with Gasteiger partial charge in [0.1, 0.15) is 0 Å². The van der Waals surface area contributed by atoms with E-state index in [-0.39, 0.29) is 0 Å². The van der Waals surface area contributed by atoms with Crippen molar-refractivity contribution in [2.24, 2.45) is 0 Å². The molecule has 2 heterocycles. The molecule has 0 radical (unpaired) electrons. The van der Waals surface area contributed by atoms with Crippen LogP contribution in [0.25, 0.3) is 0 Å². The minimum atomic E-state index is 0.688. The van der Waals surface area contributed by atoms with Crippen molar-refractivity contribution >= 4 is 11.3 Å². The molecule has 0 fully saturated rings. The van der Waals surface area contributed by atoms with Gasteiger partial charge in [0.2, 0.25) is 0 Å². The lowest BCUT2D eigenvalue weighted by Gasteiger charge is -2.30. The molecule has 0 unspecified atom stereocenters. The average molecular weight is 209 g/mol. The molecular weight excluding hydrogens is 190 g/mol. The number of hydrogen-bond donors (Lipinski definition) is 0. The largest absolute Gasteiger partial charge is 0.296 e. The Balaban J connectivity index is 2.17. The molecule has 2 rings (SSSR count). The van der Waals surface area contributed by atoms with Gasteiger partial charge in [0.25, 0.3) is 0 Å². The van der Waals surface area contributed by atoms with Crippen molar-refractivity contribution < 1.29 is 0 Å². The van der Waals surface area contributed by atoms with E-state index in [9.17, 15) is 0 Å². The summed E-state index contributed by atoms with van der Waals surface area (Å²) in [7, 11) is 0. The minimum Gasteiger partial charge on any atom is -0.296 e. The van der Waals surface area contributed by atoms with E-state index in [2.05, 4.69) is 31.7 Å². The molecule has 0 saturated heterocycles. The van der Waals surface area contributed by atoms with Gasteiger partial charge in [-0.2, -0.15) is 0 Å². The molecule has 2 heteroatoms. The summed E-state index contributed by atoms with van der Waals surface area (Å²) in [5.41, 5.74) is 1.59. The average Bonchev–Trinajstić information content (AvgIpc) is 2.58. The summed E-state index contributed by atoms with van der Waals surface area (Å²) in [5, 5.41) is 0. The van der Waals surface area contributed by atoms with E-state index in [1.165, 1.54) is 25.9 Å². The molecule has 1 nitrogen and oxygen atoms in total. The van der Waals surface area contributed by atoms with E-state index in [1.807, 2.05) is 11.3 Å². The Bertz CT molecular complexity index is 314. The van der Waals surface area contributed by atoms with Crippen LogP contribution in [0.1, 0.15) is 36.1 Å². The lowest BCUT2D eigenvalue weighted by Crippen LogP contribution is -2.35. The first-order valence-corrected chi connectivity index (χ1v) is 6.37.